The van der Waals surface area contributed by atoms with Crippen molar-refractivity contribution in [2.75, 3.05) is 17.7 Å². The third kappa shape index (κ3) is 3.00. The molecule has 1 aromatic carbocycles. The normalized spacial score (nSPS) is 17.2. The minimum absolute atomic E-state index is 0.0847. The van der Waals surface area contributed by atoms with E-state index in [0.717, 1.165) is 18.5 Å². The number of hydrogen-bond acceptors (Lipinski definition) is 4. The highest BCUT2D eigenvalue weighted by molar-refractivity contribution is 5.98. The van der Waals surface area contributed by atoms with E-state index < -0.39 is 0 Å². The number of nitrogens with two attached hydrogens (primary N) is 1. The molecular weight excluding hydrogens is 240 g/mol. The Bertz CT molecular complexity index is 465. The van der Waals surface area contributed by atoms with Crippen molar-refractivity contribution in [1.29, 1.82) is 0 Å². The highest BCUT2D eigenvalue weighted by Gasteiger charge is 2.29. The molecule has 0 aromatic heterocycles. The van der Waals surface area contributed by atoms with Crippen LogP contribution in [-0.2, 0) is 4.74 Å². The van der Waals surface area contributed by atoms with Crippen LogP contribution < -0.4 is 11.1 Å². The molecule has 1 aliphatic carbocycles. The van der Waals surface area contributed by atoms with Gasteiger partial charge < -0.3 is 15.8 Å². The molecule has 19 heavy (non-hydrogen) atoms. The smallest absolute Gasteiger partial charge is 0.340 e. The van der Waals surface area contributed by atoms with Gasteiger partial charge in [0, 0.05) is 5.54 Å². The lowest BCUT2D eigenvalue weighted by molar-refractivity contribution is 0.0527. The van der Waals surface area contributed by atoms with Crippen LogP contribution in [0.1, 0.15) is 49.9 Å². The average molecular weight is 262 g/mol. The molecule has 4 heteroatoms. The maximum Gasteiger partial charge on any atom is 0.340 e. The number of nitrogen functional groups attached to an aromatic ring is 1. The van der Waals surface area contributed by atoms with Gasteiger partial charge in [-0.05, 0) is 38.8 Å². The Morgan fingerprint density at radius 3 is 2.74 bits per heavy atom. The number of hydrogen-bond donors (Lipinski definition) is 2. The van der Waals surface area contributed by atoms with E-state index in [1.165, 1.54) is 12.8 Å². The molecule has 1 fully saturated rings. The average Bonchev–Trinajstić information content (AvgIpc) is 2.79. The Morgan fingerprint density at radius 2 is 2.11 bits per heavy atom. The molecule has 0 unspecified atom stereocenters. The van der Waals surface area contributed by atoms with Gasteiger partial charge in [0.25, 0.3) is 0 Å². The molecule has 0 heterocycles. The quantitative estimate of drug-likeness (QED) is 0.646. The lowest BCUT2D eigenvalue weighted by atomic mass is 9.99. The van der Waals surface area contributed by atoms with Crippen LogP contribution in [0.5, 0.6) is 0 Å². The number of benzene rings is 1. The van der Waals surface area contributed by atoms with E-state index in [9.17, 15) is 4.79 Å². The number of nitrogens with one attached hydrogen (secondary N) is 1. The maximum absolute atomic E-state index is 11.8. The van der Waals surface area contributed by atoms with E-state index in [0.29, 0.717) is 17.9 Å². The number of ether oxygens (including phenoxy) is 1. The zero-order chi connectivity index (χ0) is 13.9. The van der Waals surface area contributed by atoms with E-state index in [2.05, 4.69) is 12.2 Å². The molecule has 0 radical (unpaired) electrons. The molecule has 1 aromatic rings. The van der Waals surface area contributed by atoms with Crippen LogP contribution in [0.3, 0.4) is 0 Å². The van der Waals surface area contributed by atoms with Gasteiger partial charge in [0.1, 0.15) is 0 Å². The fourth-order valence-electron chi connectivity index (χ4n) is 2.67. The summed E-state index contributed by atoms with van der Waals surface area (Å²) in [5.41, 5.74) is 7.92. The van der Waals surface area contributed by atoms with Crippen molar-refractivity contribution in [3.63, 3.8) is 0 Å². The fourth-order valence-corrected chi connectivity index (χ4v) is 2.67. The predicted molar refractivity (Wildman–Crippen MR) is 77.3 cm³/mol. The first-order chi connectivity index (χ1) is 9.06. The second kappa shape index (κ2) is 5.51. The fraction of sp³-hybridized carbons (Fsp3) is 0.533. The summed E-state index contributed by atoms with van der Waals surface area (Å²) in [6.45, 7) is 4.35. The molecule has 0 bridgehead atoms. The van der Waals surface area contributed by atoms with Gasteiger partial charge in [0.05, 0.1) is 23.5 Å². The summed E-state index contributed by atoms with van der Waals surface area (Å²) in [4.78, 5) is 11.8. The van der Waals surface area contributed by atoms with Gasteiger partial charge in [-0.1, -0.05) is 18.9 Å². The molecular formula is C15H22N2O2. The number of para-hydroxylation sites is 1. The number of anilines is 2. The third-order valence-electron chi connectivity index (χ3n) is 3.75. The zero-order valence-electron chi connectivity index (χ0n) is 11.7. The summed E-state index contributed by atoms with van der Waals surface area (Å²) >= 11 is 0. The first-order valence-corrected chi connectivity index (χ1v) is 6.89. The Morgan fingerprint density at radius 1 is 1.42 bits per heavy atom. The number of rotatable bonds is 4. The van der Waals surface area contributed by atoms with Crippen molar-refractivity contribution >= 4 is 17.3 Å². The van der Waals surface area contributed by atoms with Crippen LogP contribution >= 0.6 is 0 Å². The largest absolute Gasteiger partial charge is 0.462 e. The van der Waals surface area contributed by atoms with E-state index in [4.69, 9.17) is 10.5 Å². The van der Waals surface area contributed by atoms with Gasteiger partial charge in [-0.25, -0.2) is 4.79 Å². The summed E-state index contributed by atoms with van der Waals surface area (Å²) in [6.07, 6.45) is 4.74. The van der Waals surface area contributed by atoms with Gasteiger partial charge in [-0.3, -0.25) is 0 Å². The predicted octanol–water partition coefficient (Wildman–Crippen LogP) is 3.19. The Balaban J connectivity index is 2.22. The Hall–Kier alpha value is -1.71. The standard InChI is InChI=1S/C15H22N2O2/c1-3-19-14(18)11-7-6-8-12(13(11)16)17-15(2)9-4-5-10-15/h6-8,17H,3-5,9-10,16H2,1-2H3. The van der Waals surface area contributed by atoms with Crippen molar-refractivity contribution in [1.82, 2.24) is 0 Å². The molecule has 4 nitrogen and oxygen atoms in total. The topological polar surface area (TPSA) is 64.3 Å². The maximum atomic E-state index is 11.8. The monoisotopic (exact) mass is 262 g/mol. The van der Waals surface area contributed by atoms with E-state index in [1.54, 1.807) is 13.0 Å². The van der Waals surface area contributed by atoms with Crippen molar-refractivity contribution in [2.24, 2.45) is 0 Å². The van der Waals surface area contributed by atoms with Gasteiger partial charge in [-0.15, -0.1) is 0 Å². The molecule has 3 N–H and O–H groups in total. The summed E-state index contributed by atoms with van der Waals surface area (Å²) in [7, 11) is 0. The molecule has 1 saturated carbocycles. The second-order valence-electron chi connectivity index (χ2n) is 5.38. The molecule has 0 saturated heterocycles. The molecule has 1 aliphatic rings. The summed E-state index contributed by atoms with van der Waals surface area (Å²) in [6, 6.07) is 5.46. The van der Waals surface area contributed by atoms with Gasteiger partial charge in [0.2, 0.25) is 0 Å². The van der Waals surface area contributed by atoms with Crippen LogP contribution in [0.25, 0.3) is 0 Å². The SMILES string of the molecule is CCOC(=O)c1cccc(NC2(C)CCCC2)c1N. The van der Waals surface area contributed by atoms with Crippen LogP contribution in [0.15, 0.2) is 18.2 Å². The number of carbonyl (C=O) groups is 1. The number of esters is 1. The Kier molecular flexibility index (Phi) is 3.98. The van der Waals surface area contributed by atoms with Gasteiger partial charge in [-0.2, -0.15) is 0 Å². The summed E-state index contributed by atoms with van der Waals surface area (Å²) < 4.78 is 5.01. The number of carbonyl (C=O) groups excluding carboxylic acids is 1. The first kappa shape index (κ1) is 13.7. The van der Waals surface area contributed by atoms with Crippen molar-refractivity contribution in [2.45, 2.75) is 45.1 Å². The second-order valence-corrected chi connectivity index (χ2v) is 5.38. The minimum atomic E-state index is -0.361. The lowest BCUT2D eigenvalue weighted by Crippen LogP contribution is -2.31. The highest BCUT2D eigenvalue weighted by Crippen LogP contribution is 2.35. The van der Waals surface area contributed by atoms with Crippen molar-refractivity contribution < 1.29 is 9.53 Å². The van der Waals surface area contributed by atoms with Gasteiger partial charge in [0.15, 0.2) is 0 Å². The van der Waals surface area contributed by atoms with Crippen molar-refractivity contribution in [3.8, 4) is 0 Å². The van der Waals surface area contributed by atoms with E-state index >= 15 is 0 Å². The zero-order valence-corrected chi connectivity index (χ0v) is 11.7. The summed E-state index contributed by atoms with van der Waals surface area (Å²) in [5.74, 6) is -0.361. The summed E-state index contributed by atoms with van der Waals surface area (Å²) in [5, 5.41) is 3.49. The molecule has 104 valence electrons. The molecule has 0 spiro atoms. The van der Waals surface area contributed by atoms with Crippen LogP contribution in [0.4, 0.5) is 11.4 Å². The third-order valence-corrected chi connectivity index (χ3v) is 3.75. The molecule has 0 amide bonds. The van der Waals surface area contributed by atoms with E-state index in [1.807, 2.05) is 12.1 Å². The molecule has 0 aliphatic heterocycles. The van der Waals surface area contributed by atoms with Crippen LogP contribution in [-0.4, -0.2) is 18.1 Å². The van der Waals surface area contributed by atoms with Crippen molar-refractivity contribution in [3.05, 3.63) is 23.8 Å². The lowest BCUT2D eigenvalue weighted by Gasteiger charge is -2.28. The van der Waals surface area contributed by atoms with Crippen LogP contribution in [0.2, 0.25) is 0 Å². The minimum Gasteiger partial charge on any atom is -0.462 e. The molecule has 2 rings (SSSR count). The molecule has 0 atom stereocenters. The van der Waals surface area contributed by atoms with E-state index in [-0.39, 0.29) is 11.5 Å². The van der Waals surface area contributed by atoms with Gasteiger partial charge >= 0.3 is 5.97 Å². The van der Waals surface area contributed by atoms with Crippen LogP contribution in [0, 0.1) is 0 Å². The Labute approximate surface area is 114 Å². The first-order valence-electron chi connectivity index (χ1n) is 6.89. The highest BCUT2D eigenvalue weighted by atomic mass is 16.5.